The van der Waals surface area contributed by atoms with E-state index in [4.69, 9.17) is 4.74 Å². The van der Waals surface area contributed by atoms with E-state index < -0.39 is 29.1 Å². The second kappa shape index (κ2) is 12.1. The van der Waals surface area contributed by atoms with Crippen LogP contribution in [-0.2, 0) is 0 Å². The van der Waals surface area contributed by atoms with E-state index in [9.17, 15) is 13.2 Å². The SMILES string of the molecule is CCCCCCC1CCC(c2c(F)cc(C)c(Oc3ccccc3-c3cc(F)c(F)c(F)c3)c2F)CC1. The van der Waals surface area contributed by atoms with Crippen molar-refractivity contribution in [2.24, 2.45) is 5.92 Å². The first-order valence-electron chi connectivity index (χ1n) is 13.2. The van der Waals surface area contributed by atoms with Gasteiger partial charge in [0.05, 0.1) is 0 Å². The van der Waals surface area contributed by atoms with Crippen molar-refractivity contribution in [3.05, 3.63) is 82.7 Å². The Labute approximate surface area is 215 Å². The van der Waals surface area contributed by atoms with Crippen molar-refractivity contribution in [1.82, 2.24) is 0 Å². The molecule has 0 aromatic heterocycles. The van der Waals surface area contributed by atoms with Crippen LogP contribution in [0.15, 0.2) is 42.5 Å². The zero-order valence-electron chi connectivity index (χ0n) is 21.4. The third-order valence-electron chi connectivity index (χ3n) is 7.51. The Hall–Kier alpha value is -2.89. The first kappa shape index (κ1) is 27.2. The van der Waals surface area contributed by atoms with Crippen LogP contribution in [0, 0.1) is 41.9 Å². The molecule has 1 aliphatic rings. The topological polar surface area (TPSA) is 9.23 Å². The van der Waals surface area contributed by atoms with Gasteiger partial charge in [-0.25, -0.2) is 22.0 Å². The van der Waals surface area contributed by atoms with Gasteiger partial charge >= 0.3 is 0 Å². The summed E-state index contributed by atoms with van der Waals surface area (Å²) < 4.78 is 78.1. The second-order valence-electron chi connectivity index (χ2n) is 10.2. The van der Waals surface area contributed by atoms with Crippen LogP contribution in [0.25, 0.3) is 11.1 Å². The van der Waals surface area contributed by atoms with E-state index in [-0.39, 0.29) is 39.7 Å². The van der Waals surface area contributed by atoms with Gasteiger partial charge < -0.3 is 4.74 Å². The maximum atomic E-state index is 15.8. The lowest BCUT2D eigenvalue weighted by molar-refractivity contribution is 0.292. The van der Waals surface area contributed by atoms with E-state index in [0.29, 0.717) is 5.92 Å². The molecule has 1 fully saturated rings. The third-order valence-corrected chi connectivity index (χ3v) is 7.51. The first-order valence-corrected chi connectivity index (χ1v) is 13.2. The molecule has 1 saturated carbocycles. The standard InChI is InChI=1S/C31H33F5O/c1-3-4-5-6-9-20-12-14-21(15-13-20)28-24(32)16-19(2)31(30(28)36)37-27-11-8-7-10-23(27)22-17-25(33)29(35)26(34)18-22/h7-8,10-11,16-18,20-21H,3-6,9,12-15H2,1-2H3. The average molecular weight is 517 g/mol. The number of benzene rings is 3. The van der Waals surface area contributed by atoms with Gasteiger partial charge in [0, 0.05) is 11.1 Å². The molecule has 0 spiro atoms. The lowest BCUT2D eigenvalue weighted by Gasteiger charge is -2.30. The van der Waals surface area contributed by atoms with E-state index in [2.05, 4.69) is 6.92 Å². The van der Waals surface area contributed by atoms with Gasteiger partial charge in [-0.2, -0.15) is 0 Å². The molecule has 6 heteroatoms. The number of halogens is 5. The summed E-state index contributed by atoms with van der Waals surface area (Å²) in [6.07, 6.45) is 9.39. The van der Waals surface area contributed by atoms with Gasteiger partial charge in [-0.05, 0) is 79.8 Å². The molecule has 0 N–H and O–H groups in total. The highest BCUT2D eigenvalue weighted by molar-refractivity contribution is 5.71. The minimum atomic E-state index is -1.57. The van der Waals surface area contributed by atoms with Gasteiger partial charge in [0.15, 0.2) is 29.0 Å². The molecule has 3 aromatic carbocycles. The number of aryl methyl sites for hydroxylation is 1. The largest absolute Gasteiger partial charge is 0.453 e. The van der Waals surface area contributed by atoms with Crippen molar-refractivity contribution in [3.8, 4) is 22.6 Å². The molecule has 0 saturated heterocycles. The van der Waals surface area contributed by atoms with Gasteiger partial charge in [0.25, 0.3) is 0 Å². The van der Waals surface area contributed by atoms with Crippen LogP contribution >= 0.6 is 0 Å². The van der Waals surface area contributed by atoms with Crippen LogP contribution in [0.4, 0.5) is 22.0 Å². The van der Waals surface area contributed by atoms with E-state index in [1.165, 1.54) is 44.2 Å². The molecule has 3 aromatic rings. The molecule has 0 unspecified atom stereocenters. The number of rotatable bonds is 9. The van der Waals surface area contributed by atoms with Crippen LogP contribution in [-0.4, -0.2) is 0 Å². The van der Waals surface area contributed by atoms with Crippen molar-refractivity contribution >= 4 is 0 Å². The minimum absolute atomic E-state index is 0.0429. The fourth-order valence-electron chi connectivity index (χ4n) is 5.45. The van der Waals surface area contributed by atoms with Crippen molar-refractivity contribution in [2.45, 2.75) is 77.6 Å². The smallest absolute Gasteiger partial charge is 0.194 e. The van der Waals surface area contributed by atoms with E-state index in [1.54, 1.807) is 25.1 Å². The fraction of sp³-hybridized carbons (Fsp3) is 0.419. The number of ether oxygens (including phenoxy) is 1. The van der Waals surface area contributed by atoms with Crippen LogP contribution in [0.5, 0.6) is 11.5 Å². The molecule has 1 aliphatic carbocycles. The lowest BCUT2D eigenvalue weighted by Crippen LogP contribution is -2.16. The Kier molecular flexibility index (Phi) is 8.88. The summed E-state index contributed by atoms with van der Waals surface area (Å²) in [6, 6.07) is 9.34. The predicted octanol–water partition coefficient (Wildman–Crippen LogP) is 10.4. The van der Waals surface area contributed by atoms with Gasteiger partial charge in [-0.3, -0.25) is 0 Å². The summed E-state index contributed by atoms with van der Waals surface area (Å²) in [4.78, 5) is 0. The Morgan fingerprint density at radius 2 is 1.46 bits per heavy atom. The number of hydrogen-bond donors (Lipinski definition) is 0. The van der Waals surface area contributed by atoms with Gasteiger partial charge in [0.2, 0.25) is 0 Å². The van der Waals surface area contributed by atoms with Crippen LogP contribution in [0.3, 0.4) is 0 Å². The average Bonchev–Trinajstić information content (AvgIpc) is 2.88. The molecule has 198 valence electrons. The zero-order valence-corrected chi connectivity index (χ0v) is 21.4. The fourth-order valence-corrected chi connectivity index (χ4v) is 5.45. The van der Waals surface area contributed by atoms with E-state index in [0.717, 1.165) is 37.8 Å². The van der Waals surface area contributed by atoms with Crippen LogP contribution in [0.2, 0.25) is 0 Å². The minimum Gasteiger partial charge on any atom is -0.453 e. The summed E-state index contributed by atoms with van der Waals surface area (Å²) in [5, 5.41) is 0. The van der Waals surface area contributed by atoms with Gasteiger partial charge in [-0.15, -0.1) is 0 Å². The Morgan fingerprint density at radius 3 is 2.14 bits per heavy atom. The molecule has 0 aliphatic heterocycles. The number of unbranched alkanes of at least 4 members (excludes halogenated alkanes) is 3. The molecule has 0 radical (unpaired) electrons. The Morgan fingerprint density at radius 1 is 0.784 bits per heavy atom. The molecule has 0 amide bonds. The molecule has 1 nitrogen and oxygen atoms in total. The monoisotopic (exact) mass is 516 g/mol. The summed E-state index contributed by atoms with van der Waals surface area (Å²) >= 11 is 0. The number of para-hydroxylation sites is 1. The summed E-state index contributed by atoms with van der Waals surface area (Å²) in [7, 11) is 0. The molecular weight excluding hydrogens is 483 g/mol. The second-order valence-corrected chi connectivity index (χ2v) is 10.2. The van der Waals surface area contributed by atoms with Crippen molar-refractivity contribution in [2.75, 3.05) is 0 Å². The molecule has 0 bridgehead atoms. The predicted molar refractivity (Wildman–Crippen MR) is 136 cm³/mol. The van der Waals surface area contributed by atoms with Crippen LogP contribution < -0.4 is 4.74 Å². The molecular formula is C31H33F5O. The molecule has 37 heavy (non-hydrogen) atoms. The van der Waals surface area contributed by atoms with Crippen molar-refractivity contribution in [3.63, 3.8) is 0 Å². The first-order chi connectivity index (χ1) is 17.8. The third kappa shape index (κ3) is 6.16. The van der Waals surface area contributed by atoms with E-state index >= 15 is 8.78 Å². The van der Waals surface area contributed by atoms with Gasteiger partial charge in [-0.1, -0.05) is 57.2 Å². The summed E-state index contributed by atoms with van der Waals surface area (Å²) in [6.45, 7) is 3.74. The normalized spacial score (nSPS) is 17.7. The summed E-state index contributed by atoms with van der Waals surface area (Å²) in [5.74, 6) is -5.18. The Balaban J connectivity index is 1.58. The Bertz CT molecular complexity index is 1210. The maximum absolute atomic E-state index is 15.8. The highest BCUT2D eigenvalue weighted by atomic mass is 19.2. The molecule has 4 rings (SSSR count). The molecule has 0 atom stereocenters. The van der Waals surface area contributed by atoms with Crippen LogP contribution in [0.1, 0.15) is 81.8 Å². The van der Waals surface area contributed by atoms with Crippen molar-refractivity contribution in [1.29, 1.82) is 0 Å². The maximum Gasteiger partial charge on any atom is 0.194 e. The lowest BCUT2D eigenvalue weighted by atomic mass is 9.76. The number of hydrogen-bond acceptors (Lipinski definition) is 1. The van der Waals surface area contributed by atoms with E-state index in [1.807, 2.05) is 0 Å². The van der Waals surface area contributed by atoms with Gasteiger partial charge in [0.1, 0.15) is 11.6 Å². The highest BCUT2D eigenvalue weighted by Crippen LogP contribution is 2.44. The van der Waals surface area contributed by atoms with Crippen molar-refractivity contribution < 1.29 is 26.7 Å². The zero-order chi connectivity index (χ0) is 26.5. The summed E-state index contributed by atoms with van der Waals surface area (Å²) in [5.41, 5.74) is 0.620. The molecule has 0 heterocycles. The quantitative estimate of drug-likeness (QED) is 0.156. The highest BCUT2D eigenvalue weighted by Gasteiger charge is 2.29.